The molecule has 1 aromatic heterocycles. The highest BCUT2D eigenvalue weighted by atomic mass is 16.5. The first-order valence-electron chi connectivity index (χ1n) is 7.45. The standard InChI is InChI=1S/C16H23NO3/c1-13(18)20-12-15-7-8-16(11-17-15)19-10-9-14-5-3-2-4-6-14/h7-8,11,14H,2-6,9-10,12H2,1H3. The van der Waals surface area contributed by atoms with E-state index in [1.54, 1.807) is 6.20 Å². The van der Waals surface area contributed by atoms with Crippen molar-refractivity contribution in [2.24, 2.45) is 5.92 Å². The number of hydrogen-bond donors (Lipinski definition) is 0. The van der Waals surface area contributed by atoms with Crippen LogP contribution in [0.4, 0.5) is 0 Å². The molecule has 0 amide bonds. The highest BCUT2D eigenvalue weighted by Gasteiger charge is 2.13. The molecule has 4 nitrogen and oxygen atoms in total. The van der Waals surface area contributed by atoms with Crippen LogP contribution in [0.15, 0.2) is 18.3 Å². The Hall–Kier alpha value is -1.58. The second-order valence-electron chi connectivity index (χ2n) is 5.41. The summed E-state index contributed by atoms with van der Waals surface area (Å²) in [5.41, 5.74) is 0.736. The SMILES string of the molecule is CC(=O)OCc1ccc(OCCC2CCCCC2)cn1. The average molecular weight is 277 g/mol. The lowest BCUT2D eigenvalue weighted by Gasteiger charge is -2.21. The molecule has 1 saturated carbocycles. The Morgan fingerprint density at radius 1 is 1.30 bits per heavy atom. The van der Waals surface area contributed by atoms with E-state index < -0.39 is 0 Å². The van der Waals surface area contributed by atoms with Gasteiger partial charge in [-0.05, 0) is 24.5 Å². The van der Waals surface area contributed by atoms with Crippen molar-refractivity contribution >= 4 is 5.97 Å². The molecule has 1 aromatic rings. The minimum atomic E-state index is -0.292. The summed E-state index contributed by atoms with van der Waals surface area (Å²) < 4.78 is 10.6. The number of ether oxygens (including phenoxy) is 2. The maximum Gasteiger partial charge on any atom is 0.303 e. The molecule has 0 saturated heterocycles. The maximum atomic E-state index is 10.7. The maximum absolute atomic E-state index is 10.7. The molecule has 1 aliphatic carbocycles. The van der Waals surface area contributed by atoms with Gasteiger partial charge in [-0.3, -0.25) is 9.78 Å². The molecular formula is C16H23NO3. The van der Waals surface area contributed by atoms with Gasteiger partial charge in [0.2, 0.25) is 0 Å². The molecule has 0 aliphatic heterocycles. The van der Waals surface area contributed by atoms with Gasteiger partial charge in [0, 0.05) is 6.92 Å². The normalized spacial score (nSPS) is 15.8. The molecule has 0 aromatic carbocycles. The number of esters is 1. The molecule has 1 heterocycles. The molecule has 1 aliphatic rings. The zero-order valence-electron chi connectivity index (χ0n) is 12.1. The summed E-state index contributed by atoms with van der Waals surface area (Å²) in [6, 6.07) is 3.71. The third-order valence-corrected chi connectivity index (χ3v) is 3.74. The van der Waals surface area contributed by atoms with Crippen LogP contribution < -0.4 is 4.74 Å². The van der Waals surface area contributed by atoms with Crippen molar-refractivity contribution in [1.82, 2.24) is 4.98 Å². The predicted molar refractivity (Wildman–Crippen MR) is 76.4 cm³/mol. The lowest BCUT2D eigenvalue weighted by molar-refractivity contribution is -0.142. The first kappa shape index (κ1) is 14.8. The van der Waals surface area contributed by atoms with E-state index in [1.165, 1.54) is 39.0 Å². The fourth-order valence-electron chi connectivity index (χ4n) is 2.58. The number of aromatic nitrogens is 1. The van der Waals surface area contributed by atoms with Crippen LogP contribution in [0.3, 0.4) is 0 Å². The van der Waals surface area contributed by atoms with Crippen molar-refractivity contribution in [3.63, 3.8) is 0 Å². The van der Waals surface area contributed by atoms with E-state index in [0.29, 0.717) is 0 Å². The van der Waals surface area contributed by atoms with Gasteiger partial charge < -0.3 is 9.47 Å². The second-order valence-corrected chi connectivity index (χ2v) is 5.41. The zero-order valence-corrected chi connectivity index (χ0v) is 12.1. The van der Waals surface area contributed by atoms with E-state index in [-0.39, 0.29) is 12.6 Å². The third-order valence-electron chi connectivity index (χ3n) is 3.74. The van der Waals surface area contributed by atoms with Gasteiger partial charge in [0.25, 0.3) is 0 Å². The van der Waals surface area contributed by atoms with Crippen molar-refractivity contribution in [3.8, 4) is 5.75 Å². The van der Waals surface area contributed by atoms with Gasteiger partial charge in [0.15, 0.2) is 0 Å². The fourth-order valence-corrected chi connectivity index (χ4v) is 2.58. The topological polar surface area (TPSA) is 48.4 Å². The van der Waals surface area contributed by atoms with Gasteiger partial charge in [-0.15, -0.1) is 0 Å². The van der Waals surface area contributed by atoms with Crippen LogP contribution in [0, 0.1) is 5.92 Å². The lowest BCUT2D eigenvalue weighted by atomic mass is 9.87. The molecular weight excluding hydrogens is 254 g/mol. The Balaban J connectivity index is 1.69. The van der Waals surface area contributed by atoms with E-state index >= 15 is 0 Å². The smallest absolute Gasteiger partial charge is 0.303 e. The first-order valence-corrected chi connectivity index (χ1v) is 7.45. The first-order chi connectivity index (χ1) is 9.74. The monoisotopic (exact) mass is 277 g/mol. The molecule has 0 spiro atoms. The summed E-state index contributed by atoms with van der Waals surface area (Å²) in [5.74, 6) is 1.33. The number of rotatable bonds is 6. The van der Waals surface area contributed by atoms with Gasteiger partial charge in [-0.2, -0.15) is 0 Å². The van der Waals surface area contributed by atoms with Crippen LogP contribution in [-0.2, 0) is 16.1 Å². The Kier molecular flexibility index (Phi) is 5.84. The van der Waals surface area contributed by atoms with E-state index in [2.05, 4.69) is 4.98 Å². The van der Waals surface area contributed by atoms with Crippen LogP contribution in [0.1, 0.15) is 51.1 Å². The quantitative estimate of drug-likeness (QED) is 0.747. The Morgan fingerprint density at radius 2 is 2.10 bits per heavy atom. The van der Waals surface area contributed by atoms with Crippen LogP contribution in [-0.4, -0.2) is 17.6 Å². The summed E-state index contributed by atoms with van der Waals surface area (Å²) in [4.78, 5) is 14.9. The molecule has 110 valence electrons. The molecule has 0 bridgehead atoms. The second kappa shape index (κ2) is 7.88. The summed E-state index contributed by atoms with van der Waals surface area (Å²) in [7, 11) is 0. The Morgan fingerprint density at radius 3 is 2.75 bits per heavy atom. The van der Waals surface area contributed by atoms with E-state index in [9.17, 15) is 4.79 Å². The molecule has 0 N–H and O–H groups in total. The number of hydrogen-bond acceptors (Lipinski definition) is 4. The van der Waals surface area contributed by atoms with Crippen molar-refractivity contribution in [2.45, 2.75) is 52.1 Å². The van der Waals surface area contributed by atoms with Crippen molar-refractivity contribution in [1.29, 1.82) is 0 Å². The van der Waals surface area contributed by atoms with Crippen LogP contribution in [0.2, 0.25) is 0 Å². The number of carbonyl (C=O) groups excluding carboxylic acids is 1. The molecule has 0 radical (unpaired) electrons. The predicted octanol–water partition coefficient (Wildman–Crippen LogP) is 3.49. The van der Waals surface area contributed by atoms with Crippen molar-refractivity contribution < 1.29 is 14.3 Å². The Bertz CT molecular complexity index is 410. The summed E-state index contributed by atoms with van der Waals surface area (Å²) in [5, 5.41) is 0. The molecule has 1 fully saturated rings. The highest BCUT2D eigenvalue weighted by Crippen LogP contribution is 2.26. The Labute approximate surface area is 120 Å². The molecule has 0 unspecified atom stereocenters. The van der Waals surface area contributed by atoms with Crippen LogP contribution in [0.5, 0.6) is 5.75 Å². The van der Waals surface area contributed by atoms with Crippen molar-refractivity contribution in [3.05, 3.63) is 24.0 Å². The molecule has 4 heteroatoms. The van der Waals surface area contributed by atoms with E-state index in [0.717, 1.165) is 30.4 Å². The summed E-state index contributed by atoms with van der Waals surface area (Å²) in [6.45, 7) is 2.37. The van der Waals surface area contributed by atoms with Gasteiger partial charge in [-0.1, -0.05) is 32.1 Å². The van der Waals surface area contributed by atoms with Gasteiger partial charge in [0.05, 0.1) is 18.5 Å². The summed E-state index contributed by atoms with van der Waals surface area (Å²) >= 11 is 0. The largest absolute Gasteiger partial charge is 0.492 e. The van der Waals surface area contributed by atoms with E-state index in [1.807, 2.05) is 12.1 Å². The number of carbonyl (C=O) groups is 1. The minimum Gasteiger partial charge on any atom is -0.492 e. The lowest BCUT2D eigenvalue weighted by Crippen LogP contribution is -2.10. The minimum absolute atomic E-state index is 0.220. The van der Waals surface area contributed by atoms with Crippen LogP contribution in [0.25, 0.3) is 0 Å². The van der Waals surface area contributed by atoms with Gasteiger partial charge >= 0.3 is 5.97 Å². The van der Waals surface area contributed by atoms with Gasteiger partial charge in [0.1, 0.15) is 12.4 Å². The third kappa shape index (κ3) is 5.19. The zero-order chi connectivity index (χ0) is 14.2. The highest BCUT2D eigenvalue weighted by molar-refractivity contribution is 5.65. The van der Waals surface area contributed by atoms with Crippen LogP contribution >= 0.6 is 0 Å². The number of pyridine rings is 1. The van der Waals surface area contributed by atoms with Crippen molar-refractivity contribution in [2.75, 3.05) is 6.61 Å². The molecule has 20 heavy (non-hydrogen) atoms. The van der Waals surface area contributed by atoms with E-state index in [4.69, 9.17) is 9.47 Å². The fraction of sp³-hybridized carbons (Fsp3) is 0.625. The molecule has 0 atom stereocenters. The van der Waals surface area contributed by atoms with Gasteiger partial charge in [-0.25, -0.2) is 0 Å². The average Bonchev–Trinajstić information content (AvgIpc) is 2.47. The summed E-state index contributed by atoms with van der Waals surface area (Å²) in [6.07, 6.45) is 9.67. The molecule has 2 rings (SSSR count). The number of nitrogens with zero attached hydrogens (tertiary/aromatic N) is 1.